The van der Waals surface area contributed by atoms with Crippen LogP contribution in [-0.4, -0.2) is 0 Å². The molecule has 11 aromatic rings. The molecule has 0 radical (unpaired) electrons. The fourth-order valence-corrected chi connectivity index (χ4v) is 9.21. The van der Waals surface area contributed by atoms with Gasteiger partial charge in [0, 0.05) is 0 Å². The third-order valence-electron chi connectivity index (χ3n) is 12.0. The minimum absolute atomic E-state index is 0.324. The Morgan fingerprint density at radius 2 is 0.700 bits per heavy atom. The van der Waals surface area contributed by atoms with Gasteiger partial charge in [-0.25, -0.2) is 8.78 Å². The lowest BCUT2D eigenvalue weighted by Crippen LogP contribution is -2.03. The Labute approximate surface area is 341 Å². The van der Waals surface area contributed by atoms with Crippen LogP contribution in [0.1, 0.15) is 5.56 Å². The van der Waals surface area contributed by atoms with Crippen LogP contribution in [0.25, 0.3) is 109 Å². The van der Waals surface area contributed by atoms with Crippen LogP contribution >= 0.6 is 0 Å². The van der Waals surface area contributed by atoms with Gasteiger partial charge in [-0.2, -0.15) is 13.2 Å². The molecule has 11 rings (SSSR count). The fraction of sp³-hybridized carbons (Fsp3) is 0.0182. The Morgan fingerprint density at radius 1 is 0.283 bits per heavy atom. The summed E-state index contributed by atoms with van der Waals surface area (Å²) in [5.41, 5.74) is 6.28. The van der Waals surface area contributed by atoms with E-state index in [1.165, 1.54) is 30.3 Å². The van der Waals surface area contributed by atoms with Crippen molar-refractivity contribution in [1.29, 1.82) is 0 Å². The van der Waals surface area contributed by atoms with E-state index in [0.29, 0.717) is 5.56 Å². The van der Waals surface area contributed by atoms with Gasteiger partial charge >= 0.3 is 6.18 Å². The van der Waals surface area contributed by atoms with E-state index in [1.54, 1.807) is 18.2 Å². The molecule has 286 valence electrons. The van der Waals surface area contributed by atoms with Crippen molar-refractivity contribution < 1.29 is 22.0 Å². The van der Waals surface area contributed by atoms with Crippen molar-refractivity contribution in [2.24, 2.45) is 0 Å². The SMILES string of the molecule is Fc1ccc(-c2ccc3c(-c4cc5ccccc5c5ccccc45)c4cc(-c5ccc(C(F)(F)F)cc5)ccc4c(-c4cc5cc(F)ccc5c5ccccc45)c3c2)cc1. The lowest BCUT2D eigenvalue weighted by Gasteiger charge is -2.22. The molecule has 60 heavy (non-hydrogen) atoms. The highest BCUT2D eigenvalue weighted by atomic mass is 19.4. The number of rotatable bonds is 4. The molecule has 0 aliphatic heterocycles. The smallest absolute Gasteiger partial charge is 0.207 e. The van der Waals surface area contributed by atoms with Crippen molar-refractivity contribution in [1.82, 2.24) is 0 Å². The van der Waals surface area contributed by atoms with E-state index >= 15 is 4.39 Å². The predicted molar refractivity (Wildman–Crippen MR) is 238 cm³/mol. The van der Waals surface area contributed by atoms with Crippen molar-refractivity contribution in [2.75, 3.05) is 0 Å². The molecule has 0 N–H and O–H groups in total. The molecule has 0 bridgehead atoms. The lowest BCUT2D eigenvalue weighted by molar-refractivity contribution is -0.137. The van der Waals surface area contributed by atoms with Gasteiger partial charge < -0.3 is 0 Å². The van der Waals surface area contributed by atoms with E-state index < -0.39 is 11.7 Å². The molecule has 0 heterocycles. The monoisotopic (exact) mass is 786 g/mol. The molecule has 0 atom stereocenters. The number of halogens is 5. The van der Waals surface area contributed by atoms with Crippen LogP contribution in [0.5, 0.6) is 0 Å². The highest BCUT2D eigenvalue weighted by molar-refractivity contribution is 6.29. The zero-order valence-corrected chi connectivity index (χ0v) is 31.8. The Bertz CT molecular complexity index is 3530. The number of alkyl halides is 3. The minimum atomic E-state index is -4.46. The van der Waals surface area contributed by atoms with E-state index in [0.717, 1.165) is 116 Å². The van der Waals surface area contributed by atoms with Gasteiger partial charge in [0.15, 0.2) is 0 Å². The maximum absolute atomic E-state index is 15.0. The van der Waals surface area contributed by atoms with Gasteiger partial charge in [0.05, 0.1) is 5.56 Å². The zero-order valence-electron chi connectivity index (χ0n) is 31.8. The van der Waals surface area contributed by atoms with Crippen molar-refractivity contribution in [3.8, 4) is 44.5 Å². The van der Waals surface area contributed by atoms with Crippen molar-refractivity contribution in [3.63, 3.8) is 0 Å². The van der Waals surface area contributed by atoms with E-state index in [9.17, 15) is 17.6 Å². The molecule has 0 spiro atoms. The Hall–Kier alpha value is -7.37. The van der Waals surface area contributed by atoms with E-state index in [-0.39, 0.29) is 11.6 Å². The summed E-state index contributed by atoms with van der Waals surface area (Å²) in [6.45, 7) is 0. The maximum Gasteiger partial charge on any atom is 0.416 e. The summed E-state index contributed by atoms with van der Waals surface area (Å²) in [5.74, 6) is -0.660. The van der Waals surface area contributed by atoms with Crippen LogP contribution in [0, 0.1) is 11.6 Å². The second-order valence-electron chi connectivity index (χ2n) is 15.4. The van der Waals surface area contributed by atoms with Gasteiger partial charge in [-0.05, 0) is 170 Å². The summed E-state index contributed by atoms with van der Waals surface area (Å²) >= 11 is 0. The first kappa shape index (κ1) is 35.8. The number of hydrogen-bond acceptors (Lipinski definition) is 0. The van der Waals surface area contributed by atoms with Crippen molar-refractivity contribution >= 4 is 64.6 Å². The van der Waals surface area contributed by atoms with Crippen LogP contribution < -0.4 is 0 Å². The molecule has 11 aromatic carbocycles. The van der Waals surface area contributed by atoms with Gasteiger partial charge in [-0.15, -0.1) is 0 Å². The second-order valence-corrected chi connectivity index (χ2v) is 15.4. The molecule has 5 heteroatoms. The van der Waals surface area contributed by atoms with E-state index in [1.807, 2.05) is 48.5 Å². The average Bonchev–Trinajstić information content (AvgIpc) is 3.27. The van der Waals surface area contributed by atoms with Crippen LogP contribution in [0.4, 0.5) is 22.0 Å². The Kier molecular flexibility index (Phi) is 8.11. The highest BCUT2D eigenvalue weighted by Gasteiger charge is 2.30. The number of benzene rings is 11. The van der Waals surface area contributed by atoms with Crippen LogP contribution in [0.15, 0.2) is 188 Å². The standard InChI is InChI=1S/C55H31F5/c56-39-21-15-33(16-22-39)35-18-25-47-52(29-35)54(50-31-37-27-40(57)23-26-42(37)44-10-4-6-12-46(44)50)48-24-17-34(32-13-19-38(20-14-32)55(58,59)60)28-51(48)53(47)49-30-36-7-1-2-8-41(36)43-9-3-5-11-45(43)49/h1-31H. The van der Waals surface area contributed by atoms with Crippen LogP contribution in [0.3, 0.4) is 0 Å². The van der Waals surface area contributed by atoms with E-state index in [4.69, 9.17) is 0 Å². The van der Waals surface area contributed by atoms with Crippen molar-refractivity contribution in [2.45, 2.75) is 6.18 Å². The van der Waals surface area contributed by atoms with Gasteiger partial charge in [0.2, 0.25) is 0 Å². The summed E-state index contributed by atoms with van der Waals surface area (Å²) in [4.78, 5) is 0. The summed E-state index contributed by atoms with van der Waals surface area (Å²) in [5, 5.41) is 11.7. The lowest BCUT2D eigenvalue weighted by atomic mass is 9.81. The molecule has 0 fully saturated rings. The summed E-state index contributed by atoms with van der Waals surface area (Å²) in [6.07, 6.45) is -4.46. The third kappa shape index (κ3) is 5.80. The highest BCUT2D eigenvalue weighted by Crippen LogP contribution is 2.50. The number of hydrogen-bond donors (Lipinski definition) is 0. The quantitative estimate of drug-likeness (QED) is 0.0947. The molecular weight excluding hydrogens is 756 g/mol. The Morgan fingerprint density at radius 3 is 1.25 bits per heavy atom. The molecule has 0 unspecified atom stereocenters. The Balaban J connectivity index is 1.33. The zero-order chi connectivity index (χ0) is 40.7. The first-order chi connectivity index (χ1) is 29.2. The molecule has 0 amide bonds. The van der Waals surface area contributed by atoms with Crippen molar-refractivity contribution in [3.05, 3.63) is 205 Å². The second kappa shape index (κ2) is 13.6. The van der Waals surface area contributed by atoms with Gasteiger partial charge in [0.1, 0.15) is 11.6 Å². The molecule has 0 aromatic heterocycles. The minimum Gasteiger partial charge on any atom is -0.207 e. The summed E-state index contributed by atoms with van der Waals surface area (Å²) in [6, 6.07) is 58.3. The van der Waals surface area contributed by atoms with Crippen LogP contribution in [-0.2, 0) is 6.18 Å². The molecular formula is C55H31F5. The fourth-order valence-electron chi connectivity index (χ4n) is 9.21. The molecule has 0 saturated heterocycles. The third-order valence-corrected chi connectivity index (χ3v) is 12.0. The molecule has 0 saturated carbocycles. The van der Waals surface area contributed by atoms with Crippen LogP contribution in [0.2, 0.25) is 0 Å². The molecule has 0 aliphatic carbocycles. The average molecular weight is 787 g/mol. The molecule has 0 aliphatic rings. The number of fused-ring (bicyclic) bond motifs is 8. The van der Waals surface area contributed by atoms with E-state index in [2.05, 4.69) is 78.9 Å². The normalized spacial score (nSPS) is 12.1. The summed E-state index contributed by atoms with van der Waals surface area (Å²) < 4.78 is 70.4. The van der Waals surface area contributed by atoms with Gasteiger partial charge in [-0.1, -0.05) is 127 Å². The predicted octanol–water partition coefficient (Wildman–Crippen LogP) is 16.6. The maximum atomic E-state index is 15.0. The largest absolute Gasteiger partial charge is 0.416 e. The topological polar surface area (TPSA) is 0 Å². The molecule has 0 nitrogen and oxygen atoms in total. The summed E-state index contributed by atoms with van der Waals surface area (Å²) in [7, 11) is 0. The first-order valence-corrected chi connectivity index (χ1v) is 19.7. The first-order valence-electron chi connectivity index (χ1n) is 19.7. The van der Waals surface area contributed by atoms with Gasteiger partial charge in [-0.3, -0.25) is 0 Å². The van der Waals surface area contributed by atoms with Gasteiger partial charge in [0.25, 0.3) is 0 Å².